The molecule has 27 heavy (non-hydrogen) atoms. The second-order valence-corrected chi connectivity index (χ2v) is 7.91. The summed E-state index contributed by atoms with van der Waals surface area (Å²) in [5.74, 6) is 0.439. The maximum atomic E-state index is 12.6. The number of piperidine rings is 2. The van der Waals surface area contributed by atoms with Crippen molar-refractivity contribution in [3.05, 3.63) is 24.5 Å². The van der Waals surface area contributed by atoms with Crippen molar-refractivity contribution in [2.24, 2.45) is 5.92 Å². The Balaban J connectivity index is 1.40. The summed E-state index contributed by atoms with van der Waals surface area (Å²) in [6.45, 7) is 7.30. The fourth-order valence-corrected chi connectivity index (χ4v) is 4.36. The third-order valence-electron chi connectivity index (χ3n) is 6.27. The van der Waals surface area contributed by atoms with Crippen molar-refractivity contribution in [3.63, 3.8) is 0 Å². The van der Waals surface area contributed by atoms with Crippen LogP contribution in [0.3, 0.4) is 0 Å². The zero-order valence-corrected chi connectivity index (χ0v) is 16.8. The van der Waals surface area contributed by atoms with Crippen LogP contribution in [0.1, 0.15) is 58.4 Å². The summed E-state index contributed by atoms with van der Waals surface area (Å²) >= 11 is 0. The van der Waals surface area contributed by atoms with Crippen molar-refractivity contribution < 1.29 is 9.59 Å². The first-order valence-electron chi connectivity index (χ1n) is 10.6. The van der Waals surface area contributed by atoms with Crippen LogP contribution in [0.2, 0.25) is 0 Å². The molecule has 150 valence electrons. The van der Waals surface area contributed by atoms with E-state index in [1.54, 1.807) is 0 Å². The first-order valence-corrected chi connectivity index (χ1v) is 10.6. The molecule has 0 atom stereocenters. The predicted molar refractivity (Wildman–Crippen MR) is 106 cm³/mol. The minimum absolute atomic E-state index is 0.0609. The van der Waals surface area contributed by atoms with Gasteiger partial charge in [-0.05, 0) is 50.7 Å². The van der Waals surface area contributed by atoms with Crippen LogP contribution in [-0.2, 0) is 4.79 Å². The summed E-state index contributed by atoms with van der Waals surface area (Å²) in [6.07, 6.45) is 9.76. The number of rotatable bonds is 5. The average molecular weight is 375 g/mol. The molecule has 0 radical (unpaired) electrons. The molecule has 0 aliphatic carbocycles. The Hall–Kier alpha value is -1.98. The van der Waals surface area contributed by atoms with Crippen molar-refractivity contribution in [2.75, 3.05) is 26.2 Å². The first kappa shape index (κ1) is 19.8. The van der Waals surface area contributed by atoms with Gasteiger partial charge in [-0.1, -0.05) is 13.8 Å². The Morgan fingerprint density at radius 2 is 1.48 bits per heavy atom. The Kier molecular flexibility index (Phi) is 6.80. The molecule has 2 aliphatic rings. The number of nitrogens with zero attached hydrogens (tertiary/aromatic N) is 3. The summed E-state index contributed by atoms with van der Waals surface area (Å²) in [7, 11) is 0. The highest BCUT2D eigenvalue weighted by Crippen LogP contribution is 2.23. The maximum Gasteiger partial charge on any atom is 0.317 e. The van der Waals surface area contributed by atoms with Crippen LogP contribution in [0, 0.1) is 5.92 Å². The van der Waals surface area contributed by atoms with Gasteiger partial charge in [-0.3, -0.25) is 4.79 Å². The fraction of sp³-hybridized carbons (Fsp3) is 0.714. The summed E-state index contributed by atoms with van der Waals surface area (Å²) in [5.41, 5.74) is 0. The number of hydrogen-bond acceptors (Lipinski definition) is 2. The van der Waals surface area contributed by atoms with Crippen LogP contribution in [0.4, 0.5) is 4.79 Å². The lowest BCUT2D eigenvalue weighted by Crippen LogP contribution is -2.52. The molecular weight excluding hydrogens is 340 g/mol. The largest absolute Gasteiger partial charge is 0.351 e. The van der Waals surface area contributed by atoms with Crippen LogP contribution in [0.15, 0.2) is 24.5 Å². The molecule has 3 heterocycles. The van der Waals surface area contributed by atoms with Crippen LogP contribution >= 0.6 is 0 Å². The van der Waals surface area contributed by atoms with Gasteiger partial charge in [-0.25, -0.2) is 4.79 Å². The van der Waals surface area contributed by atoms with E-state index in [2.05, 4.69) is 48.3 Å². The molecule has 1 N–H and O–H groups in total. The summed E-state index contributed by atoms with van der Waals surface area (Å²) < 4.78 is 2.25. The monoisotopic (exact) mass is 374 g/mol. The molecule has 2 saturated heterocycles. The van der Waals surface area contributed by atoms with E-state index in [1.807, 2.05) is 9.80 Å². The maximum absolute atomic E-state index is 12.6. The standard InChI is InChI=1S/C21H34N4O2/c1-3-17(4-2)20(26)24-13-7-18(8-14-24)22-21(27)25-15-9-19(10-16-25)23-11-5-6-12-23/h5-6,11-12,17-19H,3-4,7-10,13-16H2,1-2H3,(H,22,27). The number of likely N-dealkylation sites (tertiary alicyclic amines) is 2. The normalized spacial score (nSPS) is 19.5. The quantitative estimate of drug-likeness (QED) is 0.860. The fourth-order valence-electron chi connectivity index (χ4n) is 4.36. The number of urea groups is 1. The molecule has 3 amide bonds. The number of nitrogens with one attached hydrogen (secondary N) is 1. The molecule has 2 fully saturated rings. The molecule has 2 aliphatic heterocycles. The van der Waals surface area contributed by atoms with Crippen LogP contribution in [-0.4, -0.2) is 58.5 Å². The second-order valence-electron chi connectivity index (χ2n) is 7.91. The molecule has 3 rings (SSSR count). The minimum atomic E-state index is 0.0609. The number of carbonyl (C=O) groups excluding carboxylic acids is 2. The highest BCUT2D eigenvalue weighted by Gasteiger charge is 2.29. The molecular formula is C21H34N4O2. The van der Waals surface area contributed by atoms with Crippen molar-refractivity contribution in [1.29, 1.82) is 0 Å². The molecule has 0 aromatic carbocycles. The highest BCUT2D eigenvalue weighted by atomic mass is 16.2. The highest BCUT2D eigenvalue weighted by molar-refractivity contribution is 5.79. The van der Waals surface area contributed by atoms with Gasteiger partial charge in [-0.15, -0.1) is 0 Å². The number of aromatic nitrogens is 1. The van der Waals surface area contributed by atoms with Gasteiger partial charge in [0.1, 0.15) is 0 Å². The topological polar surface area (TPSA) is 57.6 Å². The SMILES string of the molecule is CCC(CC)C(=O)N1CCC(NC(=O)N2CCC(n3cccc3)CC2)CC1. The lowest BCUT2D eigenvalue weighted by Gasteiger charge is -2.37. The zero-order valence-electron chi connectivity index (χ0n) is 16.8. The number of carbonyl (C=O) groups is 2. The molecule has 6 heteroatoms. The molecule has 1 aromatic heterocycles. The van der Waals surface area contributed by atoms with Crippen molar-refractivity contribution >= 4 is 11.9 Å². The van der Waals surface area contributed by atoms with Gasteiger partial charge in [0.2, 0.25) is 5.91 Å². The zero-order chi connectivity index (χ0) is 19.2. The second kappa shape index (κ2) is 9.29. The van der Waals surface area contributed by atoms with Crippen molar-refractivity contribution in [2.45, 2.75) is 64.5 Å². The van der Waals surface area contributed by atoms with E-state index < -0.39 is 0 Å². The van der Waals surface area contributed by atoms with Gasteiger partial charge in [0.15, 0.2) is 0 Å². The molecule has 6 nitrogen and oxygen atoms in total. The van der Waals surface area contributed by atoms with E-state index in [9.17, 15) is 9.59 Å². The molecule has 0 bridgehead atoms. The van der Waals surface area contributed by atoms with Crippen LogP contribution < -0.4 is 5.32 Å². The Morgan fingerprint density at radius 1 is 0.926 bits per heavy atom. The number of hydrogen-bond donors (Lipinski definition) is 1. The van der Waals surface area contributed by atoms with E-state index in [1.165, 1.54) is 0 Å². The Labute approximate surface area is 162 Å². The molecule has 0 saturated carbocycles. The summed E-state index contributed by atoms with van der Waals surface area (Å²) in [4.78, 5) is 29.0. The van der Waals surface area contributed by atoms with E-state index in [0.29, 0.717) is 6.04 Å². The summed E-state index contributed by atoms with van der Waals surface area (Å²) in [5, 5.41) is 3.20. The third-order valence-corrected chi connectivity index (χ3v) is 6.27. The van der Waals surface area contributed by atoms with Gasteiger partial charge < -0.3 is 19.7 Å². The average Bonchev–Trinajstić information content (AvgIpc) is 3.24. The Morgan fingerprint density at radius 3 is 2.04 bits per heavy atom. The van der Waals surface area contributed by atoms with Crippen molar-refractivity contribution in [1.82, 2.24) is 19.7 Å². The lowest BCUT2D eigenvalue weighted by molar-refractivity contribution is -0.136. The van der Waals surface area contributed by atoms with E-state index >= 15 is 0 Å². The smallest absolute Gasteiger partial charge is 0.317 e. The van der Waals surface area contributed by atoms with Crippen LogP contribution in [0.25, 0.3) is 0 Å². The predicted octanol–water partition coefficient (Wildman–Crippen LogP) is 3.26. The first-order chi connectivity index (χ1) is 13.1. The molecule has 0 unspecified atom stereocenters. The van der Waals surface area contributed by atoms with Crippen LogP contribution in [0.5, 0.6) is 0 Å². The van der Waals surface area contributed by atoms with E-state index in [0.717, 1.165) is 64.7 Å². The van der Waals surface area contributed by atoms with Gasteiger partial charge in [0, 0.05) is 56.6 Å². The van der Waals surface area contributed by atoms with Gasteiger partial charge in [-0.2, -0.15) is 0 Å². The Bertz CT molecular complexity index is 596. The summed E-state index contributed by atoms with van der Waals surface area (Å²) in [6, 6.07) is 4.86. The molecule has 0 spiro atoms. The van der Waals surface area contributed by atoms with Crippen molar-refractivity contribution in [3.8, 4) is 0 Å². The van der Waals surface area contributed by atoms with E-state index in [-0.39, 0.29) is 23.9 Å². The van der Waals surface area contributed by atoms with E-state index in [4.69, 9.17) is 0 Å². The minimum Gasteiger partial charge on any atom is -0.351 e. The van der Waals surface area contributed by atoms with Gasteiger partial charge >= 0.3 is 6.03 Å². The third kappa shape index (κ3) is 4.85. The van der Waals surface area contributed by atoms with Gasteiger partial charge in [0.05, 0.1) is 0 Å². The van der Waals surface area contributed by atoms with Gasteiger partial charge in [0.25, 0.3) is 0 Å². The molecule has 1 aromatic rings. The number of amides is 3. The lowest BCUT2D eigenvalue weighted by atomic mass is 9.98.